The Kier molecular flexibility index (Phi) is 6.05. The minimum atomic E-state index is -0.720. The highest BCUT2D eigenvalue weighted by atomic mass is 35.5. The van der Waals surface area contributed by atoms with Gasteiger partial charge < -0.3 is 9.32 Å². The van der Waals surface area contributed by atoms with E-state index in [1.807, 2.05) is 57.2 Å². The van der Waals surface area contributed by atoms with Crippen LogP contribution in [0.15, 0.2) is 59.0 Å². The Labute approximate surface area is 219 Å². The SMILES string of the molecule is CN1CCN(c2c(C(=O)C(C)(C)C)oc3nc(-c4ccccc4Cl)c(-c4ccc(Cl)cc4)cc23)C1=O. The van der Waals surface area contributed by atoms with Crippen molar-refractivity contribution in [3.8, 4) is 22.4 Å². The third-order valence-electron chi connectivity index (χ3n) is 6.31. The van der Waals surface area contributed by atoms with E-state index in [9.17, 15) is 9.59 Å². The summed E-state index contributed by atoms with van der Waals surface area (Å²) in [5.74, 6) is -0.0720. The van der Waals surface area contributed by atoms with Crippen molar-refractivity contribution in [2.45, 2.75) is 20.8 Å². The topological polar surface area (TPSA) is 66.7 Å². The van der Waals surface area contributed by atoms with Crippen LogP contribution in [0.4, 0.5) is 10.5 Å². The number of carbonyl (C=O) groups excluding carboxylic acids is 2. The van der Waals surface area contributed by atoms with Gasteiger partial charge in [0.2, 0.25) is 11.5 Å². The molecule has 2 aromatic carbocycles. The van der Waals surface area contributed by atoms with Crippen molar-refractivity contribution in [2.24, 2.45) is 5.41 Å². The number of amides is 2. The lowest BCUT2D eigenvalue weighted by molar-refractivity contribution is 0.0831. The number of pyridine rings is 1. The number of likely N-dealkylation sites (N-methyl/N-ethyl adjacent to an activating group) is 1. The molecule has 184 valence electrons. The summed E-state index contributed by atoms with van der Waals surface area (Å²) in [4.78, 5) is 34.6. The minimum Gasteiger partial charge on any atom is -0.432 e. The van der Waals surface area contributed by atoms with Gasteiger partial charge >= 0.3 is 6.03 Å². The molecule has 2 amide bonds. The van der Waals surface area contributed by atoms with E-state index in [1.54, 1.807) is 35.0 Å². The number of ketones is 1. The second-order valence-corrected chi connectivity index (χ2v) is 10.8. The quantitative estimate of drug-likeness (QED) is 0.259. The highest BCUT2D eigenvalue weighted by molar-refractivity contribution is 6.33. The fraction of sp³-hybridized carbons (Fsp3) is 0.250. The predicted octanol–water partition coefficient (Wildman–Crippen LogP) is 7.57. The monoisotopic (exact) mass is 521 g/mol. The zero-order valence-corrected chi connectivity index (χ0v) is 21.9. The van der Waals surface area contributed by atoms with E-state index in [4.69, 9.17) is 32.6 Å². The van der Waals surface area contributed by atoms with E-state index in [0.717, 1.165) is 16.7 Å². The summed E-state index contributed by atoms with van der Waals surface area (Å²) in [6.07, 6.45) is 0. The van der Waals surface area contributed by atoms with Crippen molar-refractivity contribution >= 4 is 51.8 Å². The average molecular weight is 522 g/mol. The first-order chi connectivity index (χ1) is 17.1. The van der Waals surface area contributed by atoms with Crippen LogP contribution < -0.4 is 4.90 Å². The first-order valence-electron chi connectivity index (χ1n) is 11.6. The molecule has 1 aliphatic rings. The number of Topliss-reactive ketones (excluding diaryl/α,β-unsaturated/α-hetero) is 1. The highest BCUT2D eigenvalue weighted by Gasteiger charge is 2.38. The summed E-state index contributed by atoms with van der Waals surface area (Å²) in [6, 6.07) is 16.6. The van der Waals surface area contributed by atoms with Crippen LogP contribution in [-0.2, 0) is 0 Å². The molecule has 0 saturated carbocycles. The zero-order chi connectivity index (χ0) is 25.8. The molecule has 0 radical (unpaired) electrons. The van der Waals surface area contributed by atoms with Gasteiger partial charge in [0.1, 0.15) is 5.69 Å². The number of anilines is 1. The van der Waals surface area contributed by atoms with Gasteiger partial charge in [0.25, 0.3) is 0 Å². The van der Waals surface area contributed by atoms with E-state index >= 15 is 0 Å². The van der Waals surface area contributed by atoms with Crippen LogP contribution in [0.25, 0.3) is 33.5 Å². The number of nitrogens with zero attached hydrogens (tertiary/aromatic N) is 3. The van der Waals surface area contributed by atoms with Gasteiger partial charge in [-0.3, -0.25) is 9.69 Å². The molecule has 2 aromatic heterocycles. The van der Waals surface area contributed by atoms with Gasteiger partial charge in [0, 0.05) is 46.7 Å². The van der Waals surface area contributed by atoms with Crippen LogP contribution in [-0.4, -0.2) is 41.8 Å². The van der Waals surface area contributed by atoms with E-state index in [1.165, 1.54) is 0 Å². The van der Waals surface area contributed by atoms with Crippen LogP contribution in [0.2, 0.25) is 10.0 Å². The van der Waals surface area contributed by atoms with E-state index in [0.29, 0.717) is 39.9 Å². The molecule has 0 spiro atoms. The molecule has 36 heavy (non-hydrogen) atoms. The predicted molar refractivity (Wildman–Crippen MR) is 144 cm³/mol. The second kappa shape index (κ2) is 8.95. The fourth-order valence-corrected chi connectivity index (χ4v) is 4.69. The molecule has 3 heterocycles. The molecule has 0 bridgehead atoms. The lowest BCUT2D eigenvalue weighted by Gasteiger charge is -2.20. The van der Waals surface area contributed by atoms with Crippen molar-refractivity contribution in [1.29, 1.82) is 0 Å². The van der Waals surface area contributed by atoms with Crippen molar-refractivity contribution in [1.82, 2.24) is 9.88 Å². The van der Waals surface area contributed by atoms with Crippen molar-refractivity contribution in [2.75, 3.05) is 25.0 Å². The summed E-state index contributed by atoms with van der Waals surface area (Å²) >= 11 is 12.7. The number of benzene rings is 2. The van der Waals surface area contributed by atoms with Crippen molar-refractivity contribution in [3.05, 3.63) is 70.4 Å². The van der Waals surface area contributed by atoms with Crippen LogP contribution in [0.1, 0.15) is 31.3 Å². The number of carbonyl (C=O) groups is 2. The Balaban J connectivity index is 1.85. The smallest absolute Gasteiger partial charge is 0.324 e. The Morgan fingerprint density at radius 2 is 1.69 bits per heavy atom. The number of aromatic nitrogens is 1. The molecular formula is C28H25Cl2N3O3. The Morgan fingerprint density at radius 3 is 2.31 bits per heavy atom. The number of furan rings is 1. The summed E-state index contributed by atoms with van der Waals surface area (Å²) < 4.78 is 6.16. The van der Waals surface area contributed by atoms with Crippen molar-refractivity contribution in [3.63, 3.8) is 0 Å². The van der Waals surface area contributed by atoms with Gasteiger partial charge in [-0.25, -0.2) is 9.78 Å². The first-order valence-corrected chi connectivity index (χ1v) is 12.4. The zero-order valence-electron chi connectivity index (χ0n) is 20.4. The summed E-state index contributed by atoms with van der Waals surface area (Å²) in [5.41, 5.74) is 2.98. The number of fused-ring (bicyclic) bond motifs is 1. The van der Waals surface area contributed by atoms with Gasteiger partial charge in [-0.05, 0) is 29.8 Å². The Morgan fingerprint density at radius 1 is 1.00 bits per heavy atom. The van der Waals surface area contributed by atoms with Gasteiger partial charge in [0.15, 0.2) is 5.76 Å². The maximum Gasteiger partial charge on any atom is 0.324 e. The summed E-state index contributed by atoms with van der Waals surface area (Å²) in [6.45, 7) is 6.46. The van der Waals surface area contributed by atoms with Crippen molar-refractivity contribution < 1.29 is 14.0 Å². The molecule has 4 aromatic rings. The number of urea groups is 1. The Bertz CT molecular complexity index is 1500. The third kappa shape index (κ3) is 4.14. The molecule has 1 fully saturated rings. The third-order valence-corrected chi connectivity index (χ3v) is 6.90. The van der Waals surface area contributed by atoms with Gasteiger partial charge in [-0.1, -0.05) is 74.3 Å². The molecule has 1 saturated heterocycles. The highest BCUT2D eigenvalue weighted by Crippen LogP contribution is 2.43. The van der Waals surface area contributed by atoms with E-state index in [-0.39, 0.29) is 23.3 Å². The number of rotatable bonds is 4. The molecule has 6 nitrogen and oxygen atoms in total. The van der Waals surface area contributed by atoms with E-state index in [2.05, 4.69) is 0 Å². The van der Waals surface area contributed by atoms with E-state index < -0.39 is 5.41 Å². The molecular weight excluding hydrogens is 497 g/mol. The average Bonchev–Trinajstić information content (AvgIpc) is 3.36. The fourth-order valence-electron chi connectivity index (χ4n) is 4.34. The van der Waals surface area contributed by atoms with Gasteiger partial charge in [-0.2, -0.15) is 0 Å². The second-order valence-electron chi connectivity index (χ2n) is 9.94. The maximum atomic E-state index is 13.5. The number of halogens is 2. The first kappa shape index (κ1) is 24.3. The van der Waals surface area contributed by atoms with Crippen LogP contribution in [0.3, 0.4) is 0 Å². The largest absolute Gasteiger partial charge is 0.432 e. The summed E-state index contributed by atoms with van der Waals surface area (Å²) in [5, 5.41) is 1.74. The Hall–Kier alpha value is -3.35. The molecule has 1 aliphatic heterocycles. The molecule has 0 aliphatic carbocycles. The normalized spacial score (nSPS) is 14.2. The lowest BCUT2D eigenvalue weighted by atomic mass is 9.88. The lowest BCUT2D eigenvalue weighted by Crippen LogP contribution is -2.31. The molecule has 0 atom stereocenters. The van der Waals surface area contributed by atoms with Crippen LogP contribution in [0.5, 0.6) is 0 Å². The number of hydrogen-bond donors (Lipinski definition) is 0. The summed E-state index contributed by atoms with van der Waals surface area (Å²) in [7, 11) is 1.74. The van der Waals surface area contributed by atoms with Gasteiger partial charge in [0.05, 0.1) is 11.1 Å². The minimum absolute atomic E-state index is 0.131. The number of hydrogen-bond acceptors (Lipinski definition) is 4. The molecule has 8 heteroatoms. The molecule has 5 rings (SSSR count). The molecule has 0 N–H and O–H groups in total. The maximum absolute atomic E-state index is 13.5. The standard InChI is InChI=1S/C28H25Cl2N3O3/c1-28(2,3)25(34)24-23(33-14-13-32(4)27(33)35)20-15-19(16-9-11-17(29)12-10-16)22(31-26(20)36-24)18-7-5-6-8-21(18)30/h5-12,15H,13-14H2,1-4H3. The molecule has 0 unspecified atom stereocenters. The van der Waals surface area contributed by atoms with Crippen LogP contribution in [0, 0.1) is 5.41 Å². The van der Waals surface area contributed by atoms with Crippen LogP contribution >= 0.6 is 23.2 Å². The van der Waals surface area contributed by atoms with Gasteiger partial charge in [-0.15, -0.1) is 0 Å².